The summed E-state index contributed by atoms with van der Waals surface area (Å²) >= 11 is 5.73. The van der Waals surface area contributed by atoms with Crippen LogP contribution in [-0.4, -0.2) is 20.8 Å². The van der Waals surface area contributed by atoms with Gasteiger partial charge in [-0.3, -0.25) is 4.18 Å². The number of benzene rings is 1. The van der Waals surface area contributed by atoms with Crippen LogP contribution in [0.15, 0.2) is 24.3 Å². The quantitative estimate of drug-likeness (QED) is 0.768. The fourth-order valence-corrected chi connectivity index (χ4v) is 2.08. The van der Waals surface area contributed by atoms with Crippen LogP contribution >= 0.6 is 11.6 Å². The van der Waals surface area contributed by atoms with Crippen LogP contribution in [0.1, 0.15) is 12.5 Å². The molecule has 0 radical (unpaired) electrons. The van der Waals surface area contributed by atoms with E-state index < -0.39 is 10.1 Å². The summed E-state index contributed by atoms with van der Waals surface area (Å²) in [5.41, 5.74) is 0.996. The number of hydrogen-bond donors (Lipinski definition) is 0. The zero-order chi connectivity index (χ0) is 11.5. The minimum Gasteiger partial charge on any atom is -0.267 e. The highest BCUT2D eigenvalue weighted by molar-refractivity contribution is 7.86. The summed E-state index contributed by atoms with van der Waals surface area (Å²) in [6.45, 7) is 1.72. The Bertz CT molecular complexity index is 411. The molecule has 0 aliphatic rings. The molecule has 1 aromatic carbocycles. The Labute approximate surface area is 95.1 Å². The van der Waals surface area contributed by atoms with Crippen LogP contribution in [0.5, 0.6) is 0 Å². The summed E-state index contributed by atoms with van der Waals surface area (Å²) in [6, 6.07) is 7.24. The number of rotatable bonds is 4. The van der Waals surface area contributed by atoms with Crippen LogP contribution in [0, 0.1) is 0 Å². The van der Waals surface area contributed by atoms with Crippen molar-refractivity contribution >= 4 is 21.7 Å². The summed E-state index contributed by atoms with van der Waals surface area (Å²) < 4.78 is 26.5. The van der Waals surface area contributed by atoms with Gasteiger partial charge in [0.2, 0.25) is 0 Å². The van der Waals surface area contributed by atoms with E-state index in [2.05, 4.69) is 0 Å². The van der Waals surface area contributed by atoms with E-state index in [-0.39, 0.29) is 6.10 Å². The zero-order valence-corrected chi connectivity index (χ0v) is 10.2. The SMILES string of the molecule is CC(Cc1ccc(Cl)cc1)OS(C)(=O)=O. The maximum Gasteiger partial charge on any atom is 0.264 e. The molecule has 0 amide bonds. The van der Waals surface area contributed by atoms with Crippen molar-refractivity contribution in [1.29, 1.82) is 0 Å². The molecule has 1 unspecified atom stereocenters. The predicted octanol–water partition coefficient (Wildman–Crippen LogP) is 2.25. The average molecular weight is 249 g/mol. The molecule has 0 N–H and O–H groups in total. The van der Waals surface area contributed by atoms with Gasteiger partial charge in [0.25, 0.3) is 10.1 Å². The molecule has 0 spiro atoms. The van der Waals surface area contributed by atoms with Gasteiger partial charge in [-0.2, -0.15) is 8.42 Å². The molecule has 0 aliphatic heterocycles. The Morgan fingerprint density at radius 3 is 2.33 bits per heavy atom. The van der Waals surface area contributed by atoms with Gasteiger partial charge in [-0.25, -0.2) is 0 Å². The molecule has 0 bridgehead atoms. The van der Waals surface area contributed by atoms with Crippen LogP contribution in [0.3, 0.4) is 0 Å². The highest BCUT2D eigenvalue weighted by atomic mass is 35.5. The van der Waals surface area contributed by atoms with E-state index in [0.717, 1.165) is 11.8 Å². The van der Waals surface area contributed by atoms with Gasteiger partial charge in [0.05, 0.1) is 12.4 Å². The predicted molar refractivity (Wildman–Crippen MR) is 60.5 cm³/mol. The molecule has 0 heterocycles. The van der Waals surface area contributed by atoms with Crippen molar-refractivity contribution in [3.05, 3.63) is 34.9 Å². The minimum absolute atomic E-state index is 0.360. The summed E-state index contributed by atoms with van der Waals surface area (Å²) in [5, 5.41) is 0.662. The molecule has 0 saturated heterocycles. The summed E-state index contributed by atoms with van der Waals surface area (Å²) in [4.78, 5) is 0. The summed E-state index contributed by atoms with van der Waals surface area (Å²) in [6.07, 6.45) is 1.23. The Balaban J connectivity index is 2.59. The van der Waals surface area contributed by atoms with E-state index in [1.54, 1.807) is 19.1 Å². The van der Waals surface area contributed by atoms with Crippen molar-refractivity contribution in [3.63, 3.8) is 0 Å². The van der Waals surface area contributed by atoms with E-state index in [9.17, 15) is 8.42 Å². The Morgan fingerprint density at radius 2 is 1.87 bits per heavy atom. The van der Waals surface area contributed by atoms with Gasteiger partial charge in [-0.1, -0.05) is 23.7 Å². The molecule has 5 heteroatoms. The second-order valence-corrected chi connectivity index (χ2v) is 5.48. The third-order valence-corrected chi connectivity index (χ3v) is 2.71. The second-order valence-electron chi connectivity index (χ2n) is 3.44. The van der Waals surface area contributed by atoms with Crippen LogP contribution in [0.2, 0.25) is 5.02 Å². The Morgan fingerprint density at radius 1 is 1.33 bits per heavy atom. The first-order valence-corrected chi connectivity index (χ1v) is 6.69. The monoisotopic (exact) mass is 248 g/mol. The third kappa shape index (κ3) is 5.16. The van der Waals surface area contributed by atoms with E-state index >= 15 is 0 Å². The average Bonchev–Trinajstić information content (AvgIpc) is 2.05. The van der Waals surface area contributed by atoms with E-state index in [1.165, 1.54) is 0 Å². The van der Waals surface area contributed by atoms with Crippen molar-refractivity contribution in [3.8, 4) is 0 Å². The number of hydrogen-bond acceptors (Lipinski definition) is 3. The standard InChI is InChI=1S/C10H13ClO3S/c1-8(14-15(2,12)13)7-9-3-5-10(11)6-4-9/h3-6,8H,7H2,1-2H3. The fourth-order valence-electron chi connectivity index (χ4n) is 1.28. The fraction of sp³-hybridized carbons (Fsp3) is 0.400. The van der Waals surface area contributed by atoms with Crippen LogP contribution in [-0.2, 0) is 20.7 Å². The van der Waals surface area contributed by atoms with Gasteiger partial charge in [0.1, 0.15) is 0 Å². The lowest BCUT2D eigenvalue weighted by atomic mass is 10.1. The normalized spacial score (nSPS) is 13.8. The Hall–Kier alpha value is -0.580. The molecule has 1 rings (SSSR count). The first-order valence-electron chi connectivity index (χ1n) is 4.49. The molecule has 1 aromatic rings. The van der Waals surface area contributed by atoms with Crippen molar-refractivity contribution < 1.29 is 12.6 Å². The highest BCUT2D eigenvalue weighted by Gasteiger charge is 2.10. The molecule has 0 fully saturated rings. The summed E-state index contributed by atoms with van der Waals surface area (Å²) in [5.74, 6) is 0. The zero-order valence-electron chi connectivity index (χ0n) is 8.60. The van der Waals surface area contributed by atoms with E-state index in [0.29, 0.717) is 11.4 Å². The first kappa shape index (κ1) is 12.5. The van der Waals surface area contributed by atoms with Gasteiger partial charge < -0.3 is 0 Å². The van der Waals surface area contributed by atoms with E-state index in [1.807, 2.05) is 12.1 Å². The van der Waals surface area contributed by atoms with Crippen LogP contribution in [0.25, 0.3) is 0 Å². The highest BCUT2D eigenvalue weighted by Crippen LogP contribution is 2.12. The molecular weight excluding hydrogens is 236 g/mol. The van der Waals surface area contributed by atoms with Gasteiger partial charge in [0.15, 0.2) is 0 Å². The largest absolute Gasteiger partial charge is 0.267 e. The first-order chi connectivity index (χ1) is 6.87. The second kappa shape index (κ2) is 4.96. The van der Waals surface area contributed by atoms with Crippen molar-refractivity contribution in [2.24, 2.45) is 0 Å². The molecule has 3 nitrogen and oxygen atoms in total. The lowest BCUT2D eigenvalue weighted by Gasteiger charge is -2.10. The minimum atomic E-state index is -3.38. The van der Waals surface area contributed by atoms with Crippen molar-refractivity contribution in [2.45, 2.75) is 19.4 Å². The molecule has 84 valence electrons. The van der Waals surface area contributed by atoms with Crippen molar-refractivity contribution in [2.75, 3.05) is 6.26 Å². The van der Waals surface area contributed by atoms with Gasteiger partial charge in [-0.05, 0) is 31.0 Å². The summed E-state index contributed by atoms with van der Waals surface area (Å²) in [7, 11) is -3.38. The molecular formula is C10H13ClO3S. The lowest BCUT2D eigenvalue weighted by molar-refractivity contribution is 0.232. The molecule has 0 aliphatic carbocycles. The topological polar surface area (TPSA) is 43.4 Å². The number of halogens is 1. The molecule has 15 heavy (non-hydrogen) atoms. The van der Waals surface area contributed by atoms with Crippen LogP contribution in [0.4, 0.5) is 0 Å². The van der Waals surface area contributed by atoms with Crippen LogP contribution < -0.4 is 0 Å². The molecule has 0 aromatic heterocycles. The lowest BCUT2D eigenvalue weighted by Crippen LogP contribution is -2.16. The van der Waals surface area contributed by atoms with Gasteiger partial charge in [-0.15, -0.1) is 0 Å². The van der Waals surface area contributed by atoms with Crippen molar-refractivity contribution in [1.82, 2.24) is 0 Å². The Kier molecular flexibility index (Phi) is 4.13. The van der Waals surface area contributed by atoms with E-state index in [4.69, 9.17) is 15.8 Å². The molecule has 1 atom stereocenters. The maximum absolute atomic E-state index is 10.8. The maximum atomic E-state index is 10.8. The smallest absolute Gasteiger partial charge is 0.264 e. The van der Waals surface area contributed by atoms with Gasteiger partial charge >= 0.3 is 0 Å². The third-order valence-electron chi connectivity index (χ3n) is 1.78. The van der Waals surface area contributed by atoms with Gasteiger partial charge in [0, 0.05) is 5.02 Å². The molecule has 0 saturated carbocycles.